The molecule has 1 unspecified atom stereocenters. The highest BCUT2D eigenvalue weighted by atomic mass is 19.4. The largest absolute Gasteiger partial charge is 0.402 e. The molecule has 7 heteroatoms. The summed E-state index contributed by atoms with van der Waals surface area (Å²) in [5.74, 6) is -3.80. The molecule has 0 aromatic rings. The van der Waals surface area contributed by atoms with Crippen molar-refractivity contribution in [2.75, 3.05) is 7.05 Å². The average Bonchev–Trinajstić information content (AvgIpc) is 1.93. The Morgan fingerprint density at radius 2 is 1.44 bits per heavy atom. The van der Waals surface area contributed by atoms with Gasteiger partial charge in [-0.3, -0.25) is 0 Å². The van der Waals surface area contributed by atoms with Gasteiger partial charge < -0.3 is 5.32 Å². The predicted molar refractivity (Wildman–Crippen MR) is 45.8 cm³/mol. The maximum absolute atomic E-state index is 12.4. The Morgan fingerprint density at radius 3 is 1.62 bits per heavy atom. The molecular weight excluding hydrogens is 236 g/mol. The summed E-state index contributed by atoms with van der Waals surface area (Å²) in [6.07, 6.45) is -8.95. The van der Waals surface area contributed by atoms with Gasteiger partial charge in [0.05, 0.1) is 0 Å². The Balaban J connectivity index is 2.89. The van der Waals surface area contributed by atoms with Crippen molar-refractivity contribution in [3.8, 4) is 0 Å². The fraction of sp³-hybridized carbons (Fsp3) is 1.00. The van der Waals surface area contributed by atoms with Crippen LogP contribution in [0.15, 0.2) is 0 Å². The highest BCUT2D eigenvalue weighted by molar-refractivity contribution is 4.93. The summed E-state index contributed by atoms with van der Waals surface area (Å²) in [5.41, 5.74) is 0. The maximum atomic E-state index is 12.4. The minimum absolute atomic E-state index is 0.425. The van der Waals surface area contributed by atoms with Gasteiger partial charge in [-0.25, -0.2) is 0 Å². The fourth-order valence-corrected chi connectivity index (χ4v) is 2.07. The van der Waals surface area contributed by atoms with E-state index in [1.54, 1.807) is 0 Å². The zero-order valence-electron chi connectivity index (χ0n) is 8.62. The van der Waals surface area contributed by atoms with Gasteiger partial charge in [-0.05, 0) is 25.8 Å². The van der Waals surface area contributed by atoms with E-state index < -0.39 is 30.2 Å². The highest BCUT2D eigenvalue weighted by Crippen LogP contribution is 2.46. The first-order valence-corrected chi connectivity index (χ1v) is 4.98. The van der Waals surface area contributed by atoms with Gasteiger partial charge in [0.25, 0.3) is 0 Å². The average molecular weight is 249 g/mol. The third kappa shape index (κ3) is 2.81. The highest BCUT2D eigenvalue weighted by Gasteiger charge is 2.61. The predicted octanol–water partition coefficient (Wildman–Crippen LogP) is 3.12. The Hall–Kier alpha value is -0.460. The van der Waals surface area contributed by atoms with Crippen molar-refractivity contribution in [3.63, 3.8) is 0 Å². The second-order valence-corrected chi connectivity index (χ2v) is 4.07. The molecule has 1 rings (SSSR count). The molecule has 16 heavy (non-hydrogen) atoms. The number of hydrogen-bond acceptors (Lipinski definition) is 1. The summed E-state index contributed by atoms with van der Waals surface area (Å²) >= 11 is 0. The number of alkyl halides is 6. The molecule has 1 aliphatic carbocycles. The smallest absolute Gasteiger partial charge is 0.316 e. The number of hydrogen-bond donors (Lipinski definition) is 1. The molecule has 0 aromatic heterocycles. The van der Waals surface area contributed by atoms with Crippen molar-refractivity contribution < 1.29 is 26.3 Å². The second-order valence-electron chi connectivity index (χ2n) is 4.07. The summed E-state index contributed by atoms with van der Waals surface area (Å²) < 4.78 is 74.5. The van der Waals surface area contributed by atoms with Crippen LogP contribution in [0, 0.1) is 11.8 Å². The van der Waals surface area contributed by atoms with E-state index in [1.165, 1.54) is 0 Å². The van der Waals surface area contributed by atoms with E-state index in [0.29, 0.717) is 19.3 Å². The zero-order valence-corrected chi connectivity index (χ0v) is 8.62. The van der Waals surface area contributed by atoms with Crippen molar-refractivity contribution in [3.05, 3.63) is 0 Å². The first kappa shape index (κ1) is 13.6. The molecule has 1 fully saturated rings. The van der Waals surface area contributed by atoms with Crippen molar-refractivity contribution in [1.82, 2.24) is 5.32 Å². The summed E-state index contributed by atoms with van der Waals surface area (Å²) in [6, 6.07) is -1.56. The van der Waals surface area contributed by atoms with Crippen LogP contribution in [0.5, 0.6) is 0 Å². The molecule has 0 aromatic carbocycles. The first-order chi connectivity index (χ1) is 7.18. The molecule has 0 bridgehead atoms. The Bertz CT molecular complexity index is 215. The molecule has 1 atom stereocenters. The minimum atomic E-state index is -5.25. The van der Waals surface area contributed by atoms with Gasteiger partial charge in [-0.2, -0.15) is 26.3 Å². The van der Waals surface area contributed by atoms with Crippen molar-refractivity contribution >= 4 is 0 Å². The molecule has 0 aliphatic heterocycles. The summed E-state index contributed by atoms with van der Waals surface area (Å²) in [5, 5.41) is 2.18. The lowest BCUT2D eigenvalue weighted by molar-refractivity contribution is -0.296. The number of rotatable bonds is 3. The molecule has 0 radical (unpaired) electrons. The number of halogens is 6. The molecule has 1 nitrogen and oxygen atoms in total. The van der Waals surface area contributed by atoms with Crippen molar-refractivity contribution in [1.29, 1.82) is 0 Å². The van der Waals surface area contributed by atoms with E-state index in [-0.39, 0.29) is 0 Å². The van der Waals surface area contributed by atoms with Crippen molar-refractivity contribution in [2.24, 2.45) is 11.8 Å². The lowest BCUT2D eigenvalue weighted by Crippen LogP contribution is -2.54. The van der Waals surface area contributed by atoms with Gasteiger partial charge in [-0.15, -0.1) is 0 Å². The van der Waals surface area contributed by atoms with Crippen LogP contribution in [0.25, 0.3) is 0 Å². The quantitative estimate of drug-likeness (QED) is 0.758. The summed E-state index contributed by atoms with van der Waals surface area (Å²) in [7, 11) is 1.15. The van der Waals surface area contributed by atoms with Crippen LogP contribution in [0.2, 0.25) is 0 Å². The van der Waals surface area contributed by atoms with Crippen molar-refractivity contribution in [2.45, 2.75) is 37.7 Å². The van der Waals surface area contributed by atoms with E-state index in [4.69, 9.17) is 0 Å². The van der Waals surface area contributed by atoms with Crippen LogP contribution >= 0.6 is 0 Å². The third-order valence-corrected chi connectivity index (χ3v) is 3.06. The maximum Gasteiger partial charge on any atom is 0.402 e. The van der Waals surface area contributed by atoms with Crippen LogP contribution in [0.1, 0.15) is 19.3 Å². The Kier molecular flexibility index (Phi) is 3.76. The molecular formula is C9H13F6N. The van der Waals surface area contributed by atoms with Gasteiger partial charge in [0.1, 0.15) is 0 Å². The SMILES string of the molecule is CNC(C1CCC1)C(C(F)(F)F)C(F)(F)F. The van der Waals surface area contributed by atoms with Crippen LogP contribution in [0.3, 0.4) is 0 Å². The molecule has 1 N–H and O–H groups in total. The molecule has 0 heterocycles. The lowest BCUT2D eigenvalue weighted by Gasteiger charge is -2.39. The first-order valence-electron chi connectivity index (χ1n) is 4.98. The second kappa shape index (κ2) is 4.43. The van der Waals surface area contributed by atoms with E-state index in [9.17, 15) is 26.3 Å². The van der Waals surface area contributed by atoms with Crippen LogP contribution < -0.4 is 5.32 Å². The molecule has 0 saturated heterocycles. The van der Waals surface area contributed by atoms with Gasteiger partial charge in [-0.1, -0.05) is 6.42 Å². The van der Waals surface area contributed by atoms with E-state index in [2.05, 4.69) is 5.32 Å². The fourth-order valence-electron chi connectivity index (χ4n) is 2.07. The lowest BCUT2D eigenvalue weighted by atomic mass is 9.74. The van der Waals surface area contributed by atoms with Gasteiger partial charge in [0.2, 0.25) is 0 Å². The van der Waals surface area contributed by atoms with Gasteiger partial charge >= 0.3 is 12.4 Å². The summed E-state index contributed by atoms with van der Waals surface area (Å²) in [4.78, 5) is 0. The zero-order chi connectivity index (χ0) is 12.6. The topological polar surface area (TPSA) is 12.0 Å². The number of nitrogens with one attached hydrogen (secondary N) is 1. The summed E-state index contributed by atoms with van der Waals surface area (Å²) in [6.45, 7) is 0. The monoisotopic (exact) mass is 249 g/mol. The van der Waals surface area contributed by atoms with Crippen LogP contribution in [-0.2, 0) is 0 Å². The molecule has 96 valence electrons. The van der Waals surface area contributed by atoms with E-state index in [1.807, 2.05) is 0 Å². The standard InChI is InChI=1S/C9H13F6N/c1-16-6(5-3-2-4-5)7(8(10,11)12)9(13,14)15/h5-7,16H,2-4H2,1H3. The molecule has 0 amide bonds. The normalized spacial score (nSPS) is 21.0. The third-order valence-electron chi connectivity index (χ3n) is 3.06. The molecule has 0 spiro atoms. The molecule has 1 saturated carbocycles. The van der Waals surface area contributed by atoms with Crippen LogP contribution in [-0.4, -0.2) is 25.4 Å². The molecule has 1 aliphatic rings. The van der Waals surface area contributed by atoms with Gasteiger partial charge in [0, 0.05) is 6.04 Å². The minimum Gasteiger partial charge on any atom is -0.316 e. The van der Waals surface area contributed by atoms with E-state index >= 15 is 0 Å². The Labute approximate surface area is 89.2 Å². The van der Waals surface area contributed by atoms with E-state index in [0.717, 1.165) is 7.05 Å². The van der Waals surface area contributed by atoms with Gasteiger partial charge in [0.15, 0.2) is 5.92 Å². The van der Waals surface area contributed by atoms with Crippen LogP contribution in [0.4, 0.5) is 26.3 Å². The Morgan fingerprint density at radius 1 is 1.00 bits per heavy atom.